The Morgan fingerprint density at radius 2 is 1.56 bits per heavy atom. The molecule has 3 amide bonds. The Kier molecular flexibility index (Phi) is 7.51. The van der Waals surface area contributed by atoms with Gasteiger partial charge in [-0.05, 0) is 30.2 Å². The highest BCUT2D eigenvalue weighted by atomic mass is 16.2. The molecule has 0 spiro atoms. The Morgan fingerprint density at radius 1 is 0.852 bits per heavy atom. The molecule has 2 rings (SSSR count). The van der Waals surface area contributed by atoms with Crippen LogP contribution in [0.3, 0.4) is 0 Å². The second kappa shape index (κ2) is 10.1. The van der Waals surface area contributed by atoms with Crippen LogP contribution in [0.1, 0.15) is 27.0 Å². The number of benzene rings is 2. The lowest BCUT2D eigenvalue weighted by atomic mass is 10.1. The molecule has 0 bridgehead atoms. The quantitative estimate of drug-likeness (QED) is 0.547. The predicted molar refractivity (Wildman–Crippen MR) is 103 cm³/mol. The van der Waals surface area contributed by atoms with Crippen LogP contribution in [0.25, 0.3) is 0 Å². The second-order valence-corrected chi connectivity index (χ2v) is 6.13. The Hall–Kier alpha value is -3.19. The highest BCUT2D eigenvalue weighted by Crippen LogP contribution is 2.07. The maximum absolute atomic E-state index is 12.3. The van der Waals surface area contributed by atoms with Gasteiger partial charge < -0.3 is 21.7 Å². The van der Waals surface area contributed by atoms with Gasteiger partial charge in [0.2, 0.25) is 11.8 Å². The minimum Gasteiger partial charge on any atom is -0.350 e. The first-order valence-corrected chi connectivity index (χ1v) is 8.64. The zero-order chi connectivity index (χ0) is 19.6. The molecular weight excluding hydrogens is 344 g/mol. The summed E-state index contributed by atoms with van der Waals surface area (Å²) < 4.78 is 0. The molecule has 7 heteroatoms. The van der Waals surface area contributed by atoms with Gasteiger partial charge in [-0.15, -0.1) is 0 Å². The molecule has 0 aliphatic carbocycles. The third-order valence-corrected chi connectivity index (χ3v) is 3.88. The van der Waals surface area contributed by atoms with Crippen molar-refractivity contribution < 1.29 is 14.4 Å². The molecule has 27 heavy (non-hydrogen) atoms. The number of rotatable bonds is 8. The minimum atomic E-state index is -0.391. The molecule has 0 fully saturated rings. The van der Waals surface area contributed by atoms with Gasteiger partial charge in [0.05, 0.1) is 13.1 Å². The highest BCUT2D eigenvalue weighted by Gasteiger charge is 2.08. The predicted octanol–water partition coefficient (Wildman–Crippen LogP) is 0.616. The molecule has 0 atom stereocenters. The van der Waals surface area contributed by atoms with Crippen LogP contribution in [-0.4, -0.2) is 30.8 Å². The summed E-state index contributed by atoms with van der Waals surface area (Å²) in [6.07, 6.45) is 0. The van der Waals surface area contributed by atoms with Gasteiger partial charge in [-0.25, -0.2) is 0 Å². The first-order chi connectivity index (χ1) is 13.0. The zero-order valence-corrected chi connectivity index (χ0v) is 15.2. The van der Waals surface area contributed by atoms with E-state index in [2.05, 4.69) is 16.0 Å². The summed E-state index contributed by atoms with van der Waals surface area (Å²) in [6, 6.07) is 15.0. The summed E-state index contributed by atoms with van der Waals surface area (Å²) in [6.45, 7) is 2.43. The SMILES string of the molecule is Cc1ccc(CNC(=O)c2cccc(CNC(=O)CNC(=O)CN)c2)cc1. The van der Waals surface area contributed by atoms with E-state index in [1.165, 1.54) is 5.56 Å². The molecule has 0 radical (unpaired) electrons. The van der Waals surface area contributed by atoms with Gasteiger partial charge in [-0.2, -0.15) is 0 Å². The number of carbonyl (C=O) groups excluding carboxylic acids is 3. The fourth-order valence-electron chi connectivity index (χ4n) is 2.33. The van der Waals surface area contributed by atoms with E-state index in [9.17, 15) is 14.4 Å². The third kappa shape index (κ3) is 6.91. The third-order valence-electron chi connectivity index (χ3n) is 3.88. The van der Waals surface area contributed by atoms with Crippen LogP contribution in [0, 0.1) is 6.92 Å². The van der Waals surface area contributed by atoms with Gasteiger partial charge in [0.1, 0.15) is 0 Å². The van der Waals surface area contributed by atoms with Gasteiger partial charge in [0, 0.05) is 18.7 Å². The van der Waals surface area contributed by atoms with Crippen molar-refractivity contribution in [1.82, 2.24) is 16.0 Å². The average molecular weight is 368 g/mol. The van der Waals surface area contributed by atoms with Crippen LogP contribution < -0.4 is 21.7 Å². The van der Waals surface area contributed by atoms with Gasteiger partial charge in [-0.3, -0.25) is 14.4 Å². The zero-order valence-electron chi connectivity index (χ0n) is 15.2. The lowest BCUT2D eigenvalue weighted by molar-refractivity contribution is -0.125. The normalized spacial score (nSPS) is 10.1. The van der Waals surface area contributed by atoms with Gasteiger partial charge in [0.25, 0.3) is 5.91 Å². The molecule has 0 aromatic heterocycles. The Bertz CT molecular complexity index is 803. The molecular formula is C20H24N4O3. The second-order valence-electron chi connectivity index (χ2n) is 6.13. The molecule has 5 N–H and O–H groups in total. The number of carbonyl (C=O) groups is 3. The molecule has 2 aromatic carbocycles. The van der Waals surface area contributed by atoms with Gasteiger partial charge >= 0.3 is 0 Å². The fourth-order valence-corrected chi connectivity index (χ4v) is 2.33. The number of amides is 3. The lowest BCUT2D eigenvalue weighted by Crippen LogP contribution is -2.39. The van der Waals surface area contributed by atoms with E-state index in [0.29, 0.717) is 12.1 Å². The van der Waals surface area contributed by atoms with Crippen LogP contribution in [0.4, 0.5) is 0 Å². The van der Waals surface area contributed by atoms with Crippen molar-refractivity contribution >= 4 is 17.7 Å². The van der Waals surface area contributed by atoms with E-state index < -0.39 is 5.91 Å². The Morgan fingerprint density at radius 3 is 2.26 bits per heavy atom. The largest absolute Gasteiger partial charge is 0.350 e. The molecule has 2 aromatic rings. The molecule has 0 aliphatic heterocycles. The summed E-state index contributed by atoms with van der Waals surface area (Å²) in [4.78, 5) is 35.1. The monoisotopic (exact) mass is 368 g/mol. The molecule has 0 aliphatic rings. The molecule has 7 nitrogen and oxygen atoms in total. The smallest absolute Gasteiger partial charge is 0.251 e. The van der Waals surface area contributed by atoms with Crippen molar-refractivity contribution in [2.75, 3.05) is 13.1 Å². The summed E-state index contributed by atoms with van der Waals surface area (Å²) in [7, 11) is 0. The van der Waals surface area contributed by atoms with Crippen LogP contribution in [0.15, 0.2) is 48.5 Å². The molecule has 142 valence electrons. The highest BCUT2D eigenvalue weighted by molar-refractivity contribution is 5.94. The van der Waals surface area contributed by atoms with Crippen molar-refractivity contribution in [3.05, 3.63) is 70.8 Å². The maximum Gasteiger partial charge on any atom is 0.251 e. The van der Waals surface area contributed by atoms with E-state index in [0.717, 1.165) is 11.1 Å². The number of hydrogen-bond acceptors (Lipinski definition) is 4. The molecule has 0 unspecified atom stereocenters. The minimum absolute atomic E-state index is 0.132. The molecule has 0 saturated heterocycles. The van der Waals surface area contributed by atoms with Crippen molar-refractivity contribution in [2.24, 2.45) is 5.73 Å². The van der Waals surface area contributed by atoms with Crippen molar-refractivity contribution in [3.63, 3.8) is 0 Å². The van der Waals surface area contributed by atoms with E-state index in [4.69, 9.17) is 5.73 Å². The Balaban J connectivity index is 1.84. The molecule has 0 heterocycles. The van der Waals surface area contributed by atoms with Crippen LogP contribution in [-0.2, 0) is 22.7 Å². The number of nitrogens with two attached hydrogens (primary N) is 1. The summed E-state index contributed by atoms with van der Waals surface area (Å²) in [5, 5.41) is 7.96. The van der Waals surface area contributed by atoms with Crippen LogP contribution in [0.5, 0.6) is 0 Å². The number of hydrogen-bond donors (Lipinski definition) is 4. The number of aryl methyl sites for hydroxylation is 1. The van der Waals surface area contributed by atoms with Crippen molar-refractivity contribution in [1.29, 1.82) is 0 Å². The summed E-state index contributed by atoms with van der Waals surface area (Å²) in [5.41, 5.74) is 8.66. The van der Waals surface area contributed by atoms with Crippen LogP contribution in [0.2, 0.25) is 0 Å². The molecule has 0 saturated carbocycles. The van der Waals surface area contributed by atoms with E-state index >= 15 is 0 Å². The van der Waals surface area contributed by atoms with E-state index in [1.54, 1.807) is 18.2 Å². The summed E-state index contributed by atoms with van der Waals surface area (Å²) in [5.74, 6) is -0.901. The lowest BCUT2D eigenvalue weighted by Gasteiger charge is -2.09. The summed E-state index contributed by atoms with van der Waals surface area (Å²) >= 11 is 0. The van der Waals surface area contributed by atoms with Crippen molar-refractivity contribution in [2.45, 2.75) is 20.0 Å². The van der Waals surface area contributed by atoms with Crippen molar-refractivity contribution in [3.8, 4) is 0 Å². The first kappa shape index (κ1) is 20.1. The van der Waals surface area contributed by atoms with Gasteiger partial charge in [-0.1, -0.05) is 42.0 Å². The van der Waals surface area contributed by atoms with E-state index in [-0.39, 0.29) is 31.4 Å². The number of nitrogens with one attached hydrogen (secondary N) is 3. The van der Waals surface area contributed by atoms with Gasteiger partial charge in [0.15, 0.2) is 0 Å². The fraction of sp³-hybridized carbons (Fsp3) is 0.250. The van der Waals surface area contributed by atoms with E-state index in [1.807, 2.05) is 37.3 Å². The topological polar surface area (TPSA) is 113 Å². The first-order valence-electron chi connectivity index (χ1n) is 8.64. The standard InChI is InChI=1S/C20H24N4O3/c1-14-5-7-15(8-6-14)11-24-20(27)17-4-2-3-16(9-17)12-22-19(26)13-23-18(25)10-21/h2-9H,10-13,21H2,1H3,(H,22,26)(H,23,25)(H,24,27). The Labute approximate surface area is 158 Å². The van der Waals surface area contributed by atoms with Crippen LogP contribution >= 0.6 is 0 Å². The maximum atomic E-state index is 12.3. The average Bonchev–Trinajstić information content (AvgIpc) is 2.70.